The molecule has 6 nitrogen and oxygen atoms in total. The van der Waals surface area contributed by atoms with Gasteiger partial charge in [-0.15, -0.1) is 0 Å². The van der Waals surface area contributed by atoms with Crippen molar-refractivity contribution in [2.45, 2.75) is 20.0 Å². The normalized spacial score (nSPS) is 11.6. The van der Waals surface area contributed by atoms with Crippen molar-refractivity contribution in [3.63, 3.8) is 0 Å². The van der Waals surface area contributed by atoms with Gasteiger partial charge in [-0.3, -0.25) is 4.79 Å². The zero-order valence-electron chi connectivity index (χ0n) is 16.0. The van der Waals surface area contributed by atoms with Crippen LogP contribution < -0.4 is 10.1 Å². The van der Waals surface area contributed by atoms with Crippen molar-refractivity contribution in [1.82, 2.24) is 0 Å². The summed E-state index contributed by atoms with van der Waals surface area (Å²) in [7, 11) is 0. The highest BCUT2D eigenvalue weighted by molar-refractivity contribution is 6.03. The Morgan fingerprint density at radius 1 is 1.14 bits per heavy atom. The number of aryl methyl sites for hydroxylation is 1. The fourth-order valence-corrected chi connectivity index (χ4v) is 2.53. The van der Waals surface area contributed by atoms with Gasteiger partial charge in [-0.2, -0.15) is 0 Å². The zero-order chi connectivity index (χ0) is 20.8. The van der Waals surface area contributed by atoms with Gasteiger partial charge in [0, 0.05) is 11.8 Å². The number of amides is 1. The maximum absolute atomic E-state index is 13.2. The number of halogens is 1. The second-order valence-electron chi connectivity index (χ2n) is 6.45. The number of carbonyl (C=O) groups is 2. The van der Waals surface area contributed by atoms with Gasteiger partial charge in [0.25, 0.3) is 5.91 Å². The number of rotatable bonds is 7. The number of carbonyl (C=O) groups excluding carboxylic acids is 2. The molecule has 1 atom stereocenters. The molecule has 7 heteroatoms. The minimum absolute atomic E-state index is 0.0726. The van der Waals surface area contributed by atoms with E-state index in [2.05, 4.69) is 5.32 Å². The molecule has 0 saturated carbocycles. The molecule has 0 saturated heterocycles. The van der Waals surface area contributed by atoms with Crippen LogP contribution in [0.3, 0.4) is 0 Å². The molecule has 1 heterocycles. The number of hydrogen-bond donors (Lipinski definition) is 1. The van der Waals surface area contributed by atoms with Crippen LogP contribution in [0.5, 0.6) is 5.75 Å². The molecule has 0 spiro atoms. The molecule has 3 aromatic rings. The van der Waals surface area contributed by atoms with E-state index >= 15 is 0 Å². The van der Waals surface area contributed by atoms with Crippen LogP contribution in [0.15, 0.2) is 65.3 Å². The van der Waals surface area contributed by atoms with Crippen molar-refractivity contribution in [3.8, 4) is 5.75 Å². The van der Waals surface area contributed by atoms with Crippen molar-refractivity contribution in [3.05, 3.63) is 83.6 Å². The first-order valence-corrected chi connectivity index (χ1v) is 8.97. The van der Waals surface area contributed by atoms with Gasteiger partial charge in [0.05, 0.1) is 11.8 Å². The first kappa shape index (κ1) is 20.1. The standard InChI is InChI=1S/C22H20FNO5/c1-14-8-9-16(11-19(14)24-21(25)20-7-4-10-27-20)22(26)29-15(2)13-28-18-6-3-5-17(23)12-18/h3-12,15H,13H2,1-2H3,(H,24,25). The minimum Gasteiger partial charge on any atom is -0.490 e. The first-order chi connectivity index (χ1) is 13.9. The van der Waals surface area contributed by atoms with Gasteiger partial charge < -0.3 is 19.2 Å². The van der Waals surface area contributed by atoms with E-state index in [-0.39, 0.29) is 17.9 Å². The monoisotopic (exact) mass is 397 g/mol. The van der Waals surface area contributed by atoms with Gasteiger partial charge in [0.2, 0.25) is 0 Å². The van der Waals surface area contributed by atoms with E-state index in [9.17, 15) is 14.0 Å². The van der Waals surface area contributed by atoms with E-state index in [1.165, 1.54) is 24.5 Å². The zero-order valence-corrected chi connectivity index (χ0v) is 16.0. The summed E-state index contributed by atoms with van der Waals surface area (Å²) in [6, 6.07) is 13.7. The fourth-order valence-electron chi connectivity index (χ4n) is 2.53. The van der Waals surface area contributed by atoms with Crippen LogP contribution in [0.4, 0.5) is 10.1 Å². The van der Waals surface area contributed by atoms with Gasteiger partial charge >= 0.3 is 5.97 Å². The lowest BCUT2D eigenvalue weighted by Gasteiger charge is -2.15. The molecule has 0 aliphatic rings. The van der Waals surface area contributed by atoms with Crippen LogP contribution in [0.1, 0.15) is 33.4 Å². The molecule has 2 aromatic carbocycles. The van der Waals surface area contributed by atoms with Crippen molar-refractivity contribution >= 4 is 17.6 Å². The van der Waals surface area contributed by atoms with Crippen LogP contribution in [0.2, 0.25) is 0 Å². The predicted octanol–water partition coefficient (Wildman–Crippen LogP) is 4.60. The summed E-state index contributed by atoms with van der Waals surface area (Å²) in [5.74, 6) is -0.864. The quantitative estimate of drug-likeness (QED) is 0.590. The maximum Gasteiger partial charge on any atom is 0.338 e. The lowest BCUT2D eigenvalue weighted by atomic mass is 10.1. The van der Waals surface area contributed by atoms with Crippen LogP contribution in [-0.4, -0.2) is 24.6 Å². The van der Waals surface area contributed by atoms with Gasteiger partial charge in [0.1, 0.15) is 24.3 Å². The Labute approximate surface area is 167 Å². The lowest BCUT2D eigenvalue weighted by Crippen LogP contribution is -2.22. The SMILES string of the molecule is Cc1ccc(C(=O)OC(C)COc2cccc(F)c2)cc1NC(=O)c1ccco1. The van der Waals surface area contributed by atoms with Crippen molar-refractivity contribution in [1.29, 1.82) is 0 Å². The summed E-state index contributed by atoms with van der Waals surface area (Å²) >= 11 is 0. The number of esters is 1. The number of ether oxygens (including phenoxy) is 2. The maximum atomic E-state index is 13.2. The average Bonchev–Trinajstić information content (AvgIpc) is 3.23. The lowest BCUT2D eigenvalue weighted by molar-refractivity contribution is 0.0228. The summed E-state index contributed by atoms with van der Waals surface area (Å²) in [5.41, 5.74) is 1.54. The molecule has 0 fully saturated rings. The Morgan fingerprint density at radius 2 is 1.97 bits per heavy atom. The molecule has 1 aromatic heterocycles. The van der Waals surface area contributed by atoms with Crippen LogP contribution >= 0.6 is 0 Å². The predicted molar refractivity (Wildman–Crippen MR) is 105 cm³/mol. The third kappa shape index (κ3) is 5.44. The average molecular weight is 397 g/mol. The first-order valence-electron chi connectivity index (χ1n) is 8.97. The van der Waals surface area contributed by atoms with E-state index < -0.39 is 23.8 Å². The minimum atomic E-state index is -0.562. The number of anilines is 1. The molecule has 0 aliphatic carbocycles. The summed E-state index contributed by atoms with van der Waals surface area (Å²) in [6.07, 6.45) is 0.844. The molecule has 0 bridgehead atoms. The Balaban J connectivity index is 1.60. The Kier molecular flexibility index (Phi) is 6.29. The number of nitrogens with one attached hydrogen (secondary N) is 1. The van der Waals surface area contributed by atoms with Crippen LogP contribution in [-0.2, 0) is 4.74 Å². The van der Waals surface area contributed by atoms with E-state index in [1.807, 2.05) is 6.92 Å². The Hall–Kier alpha value is -3.61. The van der Waals surface area contributed by atoms with Gasteiger partial charge in [-0.05, 0) is 55.8 Å². The molecule has 1 unspecified atom stereocenters. The van der Waals surface area contributed by atoms with Crippen LogP contribution in [0.25, 0.3) is 0 Å². The Morgan fingerprint density at radius 3 is 2.69 bits per heavy atom. The second kappa shape index (κ2) is 9.05. The molecule has 3 rings (SSSR count). The summed E-state index contributed by atoms with van der Waals surface area (Å²) in [6.45, 7) is 3.55. The largest absolute Gasteiger partial charge is 0.490 e. The Bertz CT molecular complexity index is 1000. The molecule has 1 N–H and O–H groups in total. The third-order valence-electron chi connectivity index (χ3n) is 4.06. The summed E-state index contributed by atoms with van der Waals surface area (Å²) in [4.78, 5) is 24.6. The second-order valence-corrected chi connectivity index (χ2v) is 6.45. The third-order valence-corrected chi connectivity index (χ3v) is 4.06. The highest BCUT2D eigenvalue weighted by Crippen LogP contribution is 2.19. The van der Waals surface area contributed by atoms with E-state index in [0.717, 1.165) is 5.56 Å². The molecular weight excluding hydrogens is 377 g/mol. The smallest absolute Gasteiger partial charge is 0.338 e. The molecule has 0 radical (unpaired) electrons. The van der Waals surface area contributed by atoms with E-state index in [4.69, 9.17) is 13.9 Å². The number of benzene rings is 2. The van der Waals surface area contributed by atoms with Crippen molar-refractivity contribution < 1.29 is 27.9 Å². The topological polar surface area (TPSA) is 77.8 Å². The fraction of sp³-hybridized carbons (Fsp3) is 0.182. The van der Waals surface area contributed by atoms with Gasteiger partial charge in [-0.25, -0.2) is 9.18 Å². The molecule has 1 amide bonds. The van der Waals surface area contributed by atoms with Gasteiger partial charge in [0.15, 0.2) is 5.76 Å². The van der Waals surface area contributed by atoms with E-state index in [0.29, 0.717) is 11.4 Å². The highest BCUT2D eigenvalue weighted by Gasteiger charge is 2.16. The van der Waals surface area contributed by atoms with Crippen molar-refractivity contribution in [2.75, 3.05) is 11.9 Å². The van der Waals surface area contributed by atoms with Gasteiger partial charge in [-0.1, -0.05) is 12.1 Å². The van der Waals surface area contributed by atoms with Crippen molar-refractivity contribution in [2.24, 2.45) is 0 Å². The van der Waals surface area contributed by atoms with E-state index in [1.54, 1.807) is 43.3 Å². The molecule has 150 valence electrons. The summed E-state index contributed by atoms with van der Waals surface area (Å²) in [5, 5.41) is 2.71. The highest BCUT2D eigenvalue weighted by atomic mass is 19.1. The molecule has 29 heavy (non-hydrogen) atoms. The number of hydrogen-bond acceptors (Lipinski definition) is 5. The summed E-state index contributed by atoms with van der Waals surface area (Å²) < 4.78 is 29.0. The number of furan rings is 1. The molecule has 0 aliphatic heterocycles. The van der Waals surface area contributed by atoms with Crippen LogP contribution in [0, 0.1) is 12.7 Å². The molecular formula is C22H20FNO5.